The third-order valence-corrected chi connectivity index (χ3v) is 4.81. The van der Waals surface area contributed by atoms with Gasteiger partial charge in [-0.15, -0.1) is 22.9 Å². The first-order valence-corrected chi connectivity index (χ1v) is 8.65. The van der Waals surface area contributed by atoms with E-state index in [1.807, 2.05) is 11.7 Å². The minimum Gasteiger partial charge on any atom is -0.312 e. The molecule has 0 aliphatic carbocycles. The second-order valence-corrected chi connectivity index (χ2v) is 6.43. The third kappa shape index (κ3) is 2.72. The topological polar surface area (TPSA) is 35.6 Å². The molecule has 0 saturated carbocycles. The van der Waals surface area contributed by atoms with Gasteiger partial charge in [0.15, 0.2) is 5.65 Å². The number of rotatable bonds is 6. The molecule has 3 aromatic heterocycles. The number of alkyl halides is 1. The highest BCUT2D eigenvalue weighted by Gasteiger charge is 2.18. The third-order valence-electron chi connectivity index (χ3n) is 3.64. The normalized spacial score (nSPS) is 11.6. The first-order valence-electron chi connectivity index (χ1n) is 7.24. The van der Waals surface area contributed by atoms with E-state index in [1.165, 1.54) is 4.88 Å². The molecule has 0 aliphatic heterocycles. The van der Waals surface area contributed by atoms with Crippen LogP contribution in [0.2, 0.25) is 0 Å². The average Bonchev–Trinajstić information content (AvgIpc) is 3.16. The van der Waals surface area contributed by atoms with Crippen molar-refractivity contribution < 1.29 is 0 Å². The van der Waals surface area contributed by atoms with Crippen molar-refractivity contribution in [3.63, 3.8) is 0 Å². The van der Waals surface area contributed by atoms with Crippen LogP contribution in [0, 0.1) is 0 Å². The summed E-state index contributed by atoms with van der Waals surface area (Å²) in [6.45, 7) is 3.06. The summed E-state index contributed by atoms with van der Waals surface area (Å²) in [6.07, 6.45) is 3.03. The summed E-state index contributed by atoms with van der Waals surface area (Å²) >= 11 is 7.88. The van der Waals surface area contributed by atoms with E-state index < -0.39 is 0 Å². The molecule has 0 N–H and O–H groups in total. The maximum Gasteiger partial charge on any atom is 0.158 e. The Morgan fingerprint density at radius 3 is 2.86 bits per heavy atom. The first kappa shape index (κ1) is 14.6. The van der Waals surface area contributed by atoms with E-state index in [0.29, 0.717) is 5.88 Å². The van der Waals surface area contributed by atoms with Gasteiger partial charge in [0.05, 0.1) is 11.6 Å². The molecule has 0 atom stereocenters. The number of aryl methyl sites for hydroxylation is 4. The van der Waals surface area contributed by atoms with Crippen LogP contribution in [0.15, 0.2) is 17.5 Å². The molecule has 4 nitrogen and oxygen atoms in total. The number of fused-ring (bicyclic) bond motifs is 1. The molecule has 112 valence electrons. The molecule has 0 amide bonds. The molecule has 0 saturated heterocycles. The van der Waals surface area contributed by atoms with Crippen LogP contribution in [-0.2, 0) is 32.3 Å². The van der Waals surface area contributed by atoms with Crippen molar-refractivity contribution in [1.29, 1.82) is 0 Å². The summed E-state index contributed by atoms with van der Waals surface area (Å²) in [6, 6.07) is 4.26. The summed E-state index contributed by atoms with van der Waals surface area (Å²) in [7, 11) is 1.99. The van der Waals surface area contributed by atoms with Crippen LogP contribution in [0.4, 0.5) is 0 Å². The van der Waals surface area contributed by atoms with Gasteiger partial charge in [-0.05, 0) is 24.3 Å². The van der Waals surface area contributed by atoms with Gasteiger partial charge >= 0.3 is 0 Å². The highest BCUT2D eigenvalue weighted by atomic mass is 35.5. The second-order valence-electron chi connectivity index (χ2n) is 5.14. The fourth-order valence-corrected chi connectivity index (χ4v) is 3.61. The van der Waals surface area contributed by atoms with Crippen LogP contribution in [0.3, 0.4) is 0 Å². The summed E-state index contributed by atoms with van der Waals surface area (Å²) in [5.74, 6) is 1.37. The molecule has 6 heteroatoms. The van der Waals surface area contributed by atoms with Gasteiger partial charge in [0.2, 0.25) is 0 Å². The largest absolute Gasteiger partial charge is 0.312 e. The first-order chi connectivity index (χ1) is 10.2. The number of hydrogen-bond acceptors (Lipinski definition) is 3. The molecule has 0 spiro atoms. The number of aromatic nitrogens is 4. The van der Waals surface area contributed by atoms with Crippen LogP contribution in [0.5, 0.6) is 0 Å². The van der Waals surface area contributed by atoms with Gasteiger partial charge in [0, 0.05) is 18.5 Å². The van der Waals surface area contributed by atoms with Crippen molar-refractivity contribution in [2.75, 3.05) is 0 Å². The molecule has 0 radical (unpaired) electrons. The number of thiophene rings is 1. The van der Waals surface area contributed by atoms with Crippen molar-refractivity contribution in [3.05, 3.63) is 33.9 Å². The summed E-state index contributed by atoms with van der Waals surface area (Å²) in [4.78, 5) is 6.10. The van der Waals surface area contributed by atoms with Gasteiger partial charge in [-0.3, -0.25) is 4.68 Å². The van der Waals surface area contributed by atoms with Crippen molar-refractivity contribution in [2.45, 2.75) is 38.6 Å². The van der Waals surface area contributed by atoms with E-state index in [4.69, 9.17) is 16.6 Å². The fourth-order valence-electron chi connectivity index (χ4n) is 2.71. The standard InChI is InChI=1S/C15H19ClN4S/c1-3-5-12-14-15(19(2)18-12)20(13(10-16)17-14)8-7-11-6-4-9-21-11/h4,6,9H,3,5,7-8,10H2,1-2H3. The lowest BCUT2D eigenvalue weighted by Gasteiger charge is -2.07. The number of halogens is 1. The molecule has 0 fully saturated rings. The van der Waals surface area contributed by atoms with Gasteiger partial charge < -0.3 is 4.57 Å². The molecule has 3 heterocycles. The summed E-state index contributed by atoms with van der Waals surface area (Å²) < 4.78 is 4.16. The smallest absolute Gasteiger partial charge is 0.158 e. The van der Waals surface area contributed by atoms with Crippen molar-refractivity contribution in [1.82, 2.24) is 19.3 Å². The second kappa shape index (κ2) is 6.20. The van der Waals surface area contributed by atoms with Crippen LogP contribution < -0.4 is 0 Å². The summed E-state index contributed by atoms with van der Waals surface area (Å²) in [5.41, 5.74) is 3.18. The van der Waals surface area contributed by atoms with Crippen molar-refractivity contribution in [2.24, 2.45) is 7.05 Å². The molecule has 3 aromatic rings. The molecular weight excluding hydrogens is 304 g/mol. The number of imidazole rings is 1. The zero-order chi connectivity index (χ0) is 14.8. The van der Waals surface area contributed by atoms with E-state index in [9.17, 15) is 0 Å². The molecule has 0 aromatic carbocycles. The molecule has 0 bridgehead atoms. The van der Waals surface area contributed by atoms with E-state index in [-0.39, 0.29) is 0 Å². The van der Waals surface area contributed by atoms with Gasteiger partial charge in [-0.25, -0.2) is 4.98 Å². The average molecular weight is 323 g/mol. The Morgan fingerprint density at radius 1 is 1.33 bits per heavy atom. The Balaban J connectivity index is 1.99. The zero-order valence-corrected chi connectivity index (χ0v) is 13.9. The Morgan fingerprint density at radius 2 is 2.19 bits per heavy atom. The molecule has 0 unspecified atom stereocenters. The lowest BCUT2D eigenvalue weighted by Crippen LogP contribution is -2.08. The number of nitrogens with zero attached hydrogens (tertiary/aromatic N) is 4. The predicted molar refractivity (Wildman–Crippen MR) is 88.1 cm³/mol. The van der Waals surface area contributed by atoms with Gasteiger partial charge in [-0.2, -0.15) is 5.10 Å². The van der Waals surface area contributed by atoms with E-state index >= 15 is 0 Å². The molecule has 3 rings (SSSR count). The SMILES string of the molecule is CCCc1nn(C)c2c1nc(CCl)n2CCc1cccs1. The fraction of sp³-hybridized carbons (Fsp3) is 0.467. The molecule has 0 aliphatic rings. The summed E-state index contributed by atoms with van der Waals surface area (Å²) in [5, 5.41) is 6.73. The molecule has 21 heavy (non-hydrogen) atoms. The lowest BCUT2D eigenvalue weighted by atomic mass is 10.2. The van der Waals surface area contributed by atoms with Gasteiger partial charge in [0.1, 0.15) is 11.3 Å². The Kier molecular flexibility index (Phi) is 4.31. The van der Waals surface area contributed by atoms with E-state index in [0.717, 1.165) is 48.5 Å². The Bertz CT molecular complexity index is 727. The molecular formula is C15H19ClN4S. The zero-order valence-electron chi connectivity index (χ0n) is 12.3. The predicted octanol–water partition coefficient (Wildman–Crippen LogP) is 3.77. The maximum absolute atomic E-state index is 6.09. The highest BCUT2D eigenvalue weighted by Crippen LogP contribution is 2.22. The lowest BCUT2D eigenvalue weighted by molar-refractivity contribution is 0.651. The number of hydrogen-bond donors (Lipinski definition) is 0. The maximum atomic E-state index is 6.09. The van der Waals surface area contributed by atoms with Gasteiger partial charge in [-0.1, -0.05) is 19.4 Å². The van der Waals surface area contributed by atoms with Crippen molar-refractivity contribution in [3.8, 4) is 0 Å². The van der Waals surface area contributed by atoms with Crippen LogP contribution in [0.1, 0.15) is 29.7 Å². The van der Waals surface area contributed by atoms with Crippen LogP contribution in [-0.4, -0.2) is 19.3 Å². The van der Waals surface area contributed by atoms with E-state index in [2.05, 4.69) is 34.1 Å². The van der Waals surface area contributed by atoms with Crippen molar-refractivity contribution >= 4 is 34.1 Å². The Hall–Kier alpha value is -1.33. The quantitative estimate of drug-likeness (QED) is 0.648. The van der Waals surface area contributed by atoms with Gasteiger partial charge in [0.25, 0.3) is 0 Å². The van der Waals surface area contributed by atoms with E-state index in [1.54, 1.807) is 11.3 Å². The van der Waals surface area contributed by atoms with Crippen LogP contribution in [0.25, 0.3) is 11.2 Å². The Labute approximate surface area is 133 Å². The minimum atomic E-state index is 0.435. The van der Waals surface area contributed by atoms with Crippen LogP contribution >= 0.6 is 22.9 Å². The monoisotopic (exact) mass is 322 g/mol. The highest BCUT2D eigenvalue weighted by molar-refractivity contribution is 7.09. The minimum absolute atomic E-state index is 0.435.